The molecule has 0 saturated heterocycles. The van der Waals surface area contributed by atoms with Crippen LogP contribution >= 0.6 is 11.6 Å². The number of nitrogens with one attached hydrogen (secondary N) is 1. The largest absolute Gasteiger partial charge is 0.309 e. The molecule has 0 aromatic heterocycles. The Balaban J connectivity index is 2.49. The van der Waals surface area contributed by atoms with E-state index >= 15 is 0 Å². The van der Waals surface area contributed by atoms with Gasteiger partial charge in [-0.05, 0) is 36.9 Å². The normalized spacial score (nSPS) is 12.5. The molecule has 100 valence electrons. The highest BCUT2D eigenvalue weighted by molar-refractivity contribution is 6.30. The van der Waals surface area contributed by atoms with E-state index in [4.69, 9.17) is 11.6 Å². The average molecular weight is 286 g/mol. The van der Waals surface area contributed by atoms with Crippen molar-refractivity contribution in [3.05, 3.63) is 70.0 Å². The molecular formula is C14H11ClF3N. The maximum Gasteiger partial charge on any atom is 0.129 e. The van der Waals surface area contributed by atoms with Crippen molar-refractivity contribution in [3.8, 4) is 0 Å². The van der Waals surface area contributed by atoms with Gasteiger partial charge in [0.1, 0.15) is 17.5 Å². The summed E-state index contributed by atoms with van der Waals surface area (Å²) in [7, 11) is 1.58. The highest BCUT2D eigenvalue weighted by Gasteiger charge is 2.18. The lowest BCUT2D eigenvalue weighted by atomic mass is 9.98. The van der Waals surface area contributed by atoms with Gasteiger partial charge in [0.15, 0.2) is 0 Å². The van der Waals surface area contributed by atoms with Gasteiger partial charge in [0.05, 0.1) is 6.04 Å². The Morgan fingerprint density at radius 2 is 1.63 bits per heavy atom. The number of hydrogen-bond acceptors (Lipinski definition) is 1. The summed E-state index contributed by atoms with van der Waals surface area (Å²) in [5, 5.41) is 3.10. The summed E-state index contributed by atoms with van der Waals surface area (Å²) in [6.07, 6.45) is 0. The summed E-state index contributed by atoms with van der Waals surface area (Å²) >= 11 is 5.68. The fourth-order valence-electron chi connectivity index (χ4n) is 1.98. The highest BCUT2D eigenvalue weighted by Crippen LogP contribution is 2.27. The number of hydrogen-bond donors (Lipinski definition) is 1. The fraction of sp³-hybridized carbons (Fsp3) is 0.143. The first-order valence-electron chi connectivity index (χ1n) is 5.59. The summed E-state index contributed by atoms with van der Waals surface area (Å²) in [5.74, 6) is -1.94. The van der Waals surface area contributed by atoms with Gasteiger partial charge in [-0.1, -0.05) is 17.7 Å². The Hall–Kier alpha value is -1.52. The lowest BCUT2D eigenvalue weighted by Crippen LogP contribution is -2.19. The van der Waals surface area contributed by atoms with Gasteiger partial charge in [0, 0.05) is 16.7 Å². The molecule has 0 aliphatic carbocycles. The second-order valence-corrected chi connectivity index (χ2v) is 4.53. The van der Waals surface area contributed by atoms with E-state index in [0.717, 1.165) is 24.3 Å². The van der Waals surface area contributed by atoms with Gasteiger partial charge in [-0.25, -0.2) is 13.2 Å². The van der Waals surface area contributed by atoms with Crippen molar-refractivity contribution >= 4 is 11.6 Å². The third-order valence-electron chi connectivity index (χ3n) is 2.78. The average Bonchev–Trinajstić information content (AvgIpc) is 2.31. The van der Waals surface area contributed by atoms with Gasteiger partial charge in [0.2, 0.25) is 0 Å². The summed E-state index contributed by atoms with van der Waals surface area (Å²) in [5.41, 5.74) is 0.582. The minimum Gasteiger partial charge on any atom is -0.309 e. The zero-order valence-electron chi connectivity index (χ0n) is 10.1. The molecule has 0 aliphatic heterocycles. The lowest BCUT2D eigenvalue weighted by Gasteiger charge is -2.18. The monoisotopic (exact) mass is 285 g/mol. The Labute approximate surface area is 114 Å². The molecule has 5 heteroatoms. The molecule has 2 aromatic rings. The van der Waals surface area contributed by atoms with Crippen LogP contribution in [0.4, 0.5) is 13.2 Å². The van der Waals surface area contributed by atoms with Crippen LogP contribution in [0.3, 0.4) is 0 Å². The van der Waals surface area contributed by atoms with Crippen molar-refractivity contribution < 1.29 is 13.2 Å². The molecule has 19 heavy (non-hydrogen) atoms. The van der Waals surface area contributed by atoms with Crippen LogP contribution in [0.15, 0.2) is 36.4 Å². The first-order chi connectivity index (χ1) is 9.01. The van der Waals surface area contributed by atoms with Crippen molar-refractivity contribution in [2.45, 2.75) is 6.04 Å². The number of rotatable bonds is 3. The molecule has 2 aromatic carbocycles. The Morgan fingerprint density at radius 1 is 1.00 bits per heavy atom. The van der Waals surface area contributed by atoms with Gasteiger partial charge in [-0.2, -0.15) is 0 Å². The topological polar surface area (TPSA) is 12.0 Å². The van der Waals surface area contributed by atoms with Crippen LogP contribution in [-0.4, -0.2) is 7.05 Å². The SMILES string of the molecule is CNC(c1cc(F)cc(F)c1)c1ccc(Cl)cc1F. The molecule has 1 N–H and O–H groups in total. The predicted octanol–water partition coefficient (Wildman–Crippen LogP) is 4.07. The van der Waals surface area contributed by atoms with Crippen LogP contribution < -0.4 is 5.32 Å². The van der Waals surface area contributed by atoms with E-state index in [-0.39, 0.29) is 10.6 Å². The third-order valence-corrected chi connectivity index (χ3v) is 3.02. The van der Waals surface area contributed by atoms with Crippen LogP contribution in [0.25, 0.3) is 0 Å². The molecular weight excluding hydrogens is 275 g/mol. The standard InChI is InChI=1S/C14H11ClF3N/c1-19-14(8-4-10(16)7-11(17)5-8)12-3-2-9(15)6-13(12)18/h2-7,14,19H,1H3. The van der Waals surface area contributed by atoms with Crippen LogP contribution in [0.1, 0.15) is 17.2 Å². The van der Waals surface area contributed by atoms with Gasteiger partial charge >= 0.3 is 0 Å². The third kappa shape index (κ3) is 3.08. The van der Waals surface area contributed by atoms with Crippen LogP contribution in [0.5, 0.6) is 0 Å². The van der Waals surface area contributed by atoms with E-state index in [2.05, 4.69) is 5.32 Å². The van der Waals surface area contributed by atoms with Crippen LogP contribution in [-0.2, 0) is 0 Å². The smallest absolute Gasteiger partial charge is 0.129 e. The van der Waals surface area contributed by atoms with Crippen LogP contribution in [0, 0.1) is 17.5 Å². The number of benzene rings is 2. The maximum atomic E-state index is 13.9. The molecule has 0 fully saturated rings. The molecule has 1 nitrogen and oxygen atoms in total. The zero-order valence-corrected chi connectivity index (χ0v) is 10.8. The quantitative estimate of drug-likeness (QED) is 0.896. The Morgan fingerprint density at radius 3 is 2.16 bits per heavy atom. The van der Waals surface area contributed by atoms with Crippen molar-refractivity contribution in [1.29, 1.82) is 0 Å². The minimum atomic E-state index is -0.704. The second kappa shape index (κ2) is 5.63. The van der Waals surface area contributed by atoms with E-state index in [9.17, 15) is 13.2 Å². The molecule has 0 saturated carbocycles. The molecule has 0 spiro atoms. The summed E-state index contributed by atoms with van der Waals surface area (Å²) < 4.78 is 40.3. The van der Waals surface area contributed by atoms with Gasteiger partial charge in [0.25, 0.3) is 0 Å². The van der Waals surface area contributed by atoms with E-state index in [0.29, 0.717) is 5.56 Å². The van der Waals surface area contributed by atoms with E-state index in [1.54, 1.807) is 7.05 Å². The van der Waals surface area contributed by atoms with Crippen molar-refractivity contribution in [3.63, 3.8) is 0 Å². The van der Waals surface area contributed by atoms with Crippen molar-refractivity contribution in [1.82, 2.24) is 5.32 Å². The molecule has 0 bridgehead atoms. The predicted molar refractivity (Wildman–Crippen MR) is 68.7 cm³/mol. The number of halogens is 4. The molecule has 0 radical (unpaired) electrons. The summed E-state index contributed by atoms with van der Waals surface area (Å²) in [6.45, 7) is 0. The minimum absolute atomic E-state index is 0.265. The van der Waals surface area contributed by atoms with Crippen molar-refractivity contribution in [2.75, 3.05) is 7.05 Å². The fourth-order valence-corrected chi connectivity index (χ4v) is 2.14. The highest BCUT2D eigenvalue weighted by atomic mass is 35.5. The first kappa shape index (κ1) is 13.9. The molecule has 1 atom stereocenters. The second-order valence-electron chi connectivity index (χ2n) is 4.09. The van der Waals surface area contributed by atoms with Crippen molar-refractivity contribution in [2.24, 2.45) is 0 Å². The maximum absolute atomic E-state index is 13.9. The molecule has 0 amide bonds. The zero-order chi connectivity index (χ0) is 14.0. The molecule has 0 heterocycles. The molecule has 0 aliphatic rings. The Bertz CT molecular complexity index is 581. The van der Waals surface area contributed by atoms with E-state index in [1.165, 1.54) is 12.1 Å². The van der Waals surface area contributed by atoms with Crippen LogP contribution in [0.2, 0.25) is 5.02 Å². The summed E-state index contributed by atoms with van der Waals surface area (Å²) in [6, 6.07) is 6.63. The first-order valence-corrected chi connectivity index (χ1v) is 5.97. The van der Waals surface area contributed by atoms with Gasteiger partial charge in [-0.15, -0.1) is 0 Å². The van der Waals surface area contributed by atoms with Gasteiger partial charge < -0.3 is 5.32 Å². The van der Waals surface area contributed by atoms with Gasteiger partial charge in [-0.3, -0.25) is 0 Å². The van der Waals surface area contributed by atoms with E-state index in [1.807, 2.05) is 0 Å². The Kier molecular flexibility index (Phi) is 4.12. The molecule has 2 rings (SSSR count). The lowest BCUT2D eigenvalue weighted by molar-refractivity contribution is 0.556. The summed E-state index contributed by atoms with van der Waals surface area (Å²) in [4.78, 5) is 0. The molecule has 1 unspecified atom stereocenters. The van der Waals surface area contributed by atoms with E-state index < -0.39 is 23.5 Å².